The molecule has 0 spiro atoms. The first-order chi connectivity index (χ1) is 7.50. The van der Waals surface area contributed by atoms with Crippen LogP contribution in [0.5, 0.6) is 0 Å². The van der Waals surface area contributed by atoms with E-state index >= 15 is 0 Å². The van der Waals surface area contributed by atoms with E-state index < -0.39 is 0 Å². The average molecular weight is 260 g/mol. The number of benzene rings is 1. The Balaban J connectivity index is 2.58. The average Bonchev–Trinajstić information content (AvgIpc) is 2.19. The molecule has 0 aromatic heterocycles. The number of hydrogen-bond acceptors (Lipinski definition) is 2. The van der Waals surface area contributed by atoms with Gasteiger partial charge in [0.05, 0.1) is 10.0 Å². The monoisotopic (exact) mass is 259 g/mol. The van der Waals surface area contributed by atoms with Crippen LogP contribution in [-0.2, 0) is 6.54 Å². The number of nitrogens with two attached hydrogens (primary N) is 1. The summed E-state index contributed by atoms with van der Waals surface area (Å²) in [5, 5.41) is 20.2. The van der Waals surface area contributed by atoms with Crippen molar-refractivity contribution in [1.82, 2.24) is 10.6 Å². The molecule has 0 unspecified atom stereocenters. The van der Waals surface area contributed by atoms with Crippen LogP contribution in [0.2, 0.25) is 10.0 Å². The Morgan fingerprint density at radius 3 is 2.62 bits per heavy atom. The van der Waals surface area contributed by atoms with Gasteiger partial charge in [-0.1, -0.05) is 35.3 Å². The molecule has 0 bridgehead atoms. The number of nitrogens with one attached hydrogen (secondary N) is 4. The summed E-state index contributed by atoms with van der Waals surface area (Å²) >= 11 is 11.8. The smallest absolute Gasteiger partial charge is 0.195 e. The van der Waals surface area contributed by atoms with Crippen molar-refractivity contribution in [3.8, 4) is 0 Å². The van der Waals surface area contributed by atoms with Crippen molar-refractivity contribution in [3.63, 3.8) is 0 Å². The van der Waals surface area contributed by atoms with Gasteiger partial charge in [0, 0.05) is 6.54 Å². The Morgan fingerprint density at radius 2 is 2.00 bits per heavy atom. The van der Waals surface area contributed by atoms with Gasteiger partial charge < -0.3 is 11.1 Å². The highest BCUT2D eigenvalue weighted by Gasteiger charge is 2.04. The third-order valence-corrected chi connectivity index (χ3v) is 2.60. The summed E-state index contributed by atoms with van der Waals surface area (Å²) in [4.78, 5) is 0. The summed E-state index contributed by atoms with van der Waals surface area (Å²) in [5.41, 5.74) is 5.83. The molecule has 0 aliphatic carbocycles. The topological polar surface area (TPSA) is 97.8 Å². The van der Waals surface area contributed by atoms with Gasteiger partial charge in [-0.15, -0.1) is 0 Å². The Morgan fingerprint density at radius 1 is 1.31 bits per heavy atom. The molecule has 0 aliphatic heterocycles. The van der Waals surface area contributed by atoms with Crippen LogP contribution in [0.4, 0.5) is 0 Å². The van der Waals surface area contributed by atoms with Gasteiger partial charge in [0.2, 0.25) is 0 Å². The first-order valence-corrected chi connectivity index (χ1v) is 5.12. The molecule has 5 nitrogen and oxygen atoms in total. The van der Waals surface area contributed by atoms with Crippen molar-refractivity contribution >= 4 is 35.1 Å². The summed E-state index contributed by atoms with van der Waals surface area (Å²) in [6, 6.07) is 5.25. The third kappa shape index (κ3) is 3.60. The summed E-state index contributed by atoms with van der Waals surface area (Å²) in [5.74, 6) is -0.363. The number of halogens is 2. The molecule has 0 radical (unpaired) electrons. The molecule has 0 amide bonds. The lowest BCUT2D eigenvalue weighted by molar-refractivity contribution is 0.877. The number of guanidine groups is 2. The van der Waals surface area contributed by atoms with E-state index in [4.69, 9.17) is 39.8 Å². The maximum atomic E-state index is 7.37. The molecule has 0 saturated heterocycles. The molecule has 0 fully saturated rings. The summed E-state index contributed by atoms with van der Waals surface area (Å²) in [6.07, 6.45) is 0. The van der Waals surface area contributed by atoms with Crippen LogP contribution in [0.25, 0.3) is 0 Å². The quantitative estimate of drug-likeness (QED) is 0.411. The molecule has 7 heteroatoms. The van der Waals surface area contributed by atoms with E-state index in [2.05, 4.69) is 10.6 Å². The van der Waals surface area contributed by atoms with Gasteiger partial charge in [0.15, 0.2) is 11.9 Å². The van der Waals surface area contributed by atoms with E-state index in [1.54, 1.807) is 18.2 Å². The van der Waals surface area contributed by atoms with Gasteiger partial charge in [-0.3, -0.25) is 16.1 Å². The molecular weight excluding hydrogens is 249 g/mol. The van der Waals surface area contributed by atoms with Crippen LogP contribution in [0.1, 0.15) is 5.56 Å². The second kappa shape index (κ2) is 5.58. The minimum absolute atomic E-state index is 0.0662. The second-order valence-electron chi connectivity index (χ2n) is 2.98. The van der Waals surface area contributed by atoms with E-state index in [1.165, 1.54) is 0 Å². The highest BCUT2D eigenvalue weighted by molar-refractivity contribution is 6.42. The molecule has 6 N–H and O–H groups in total. The van der Waals surface area contributed by atoms with Gasteiger partial charge in [0.1, 0.15) is 0 Å². The fourth-order valence-corrected chi connectivity index (χ4v) is 1.43. The van der Waals surface area contributed by atoms with Crippen LogP contribution < -0.4 is 16.4 Å². The van der Waals surface area contributed by atoms with Gasteiger partial charge in [-0.25, -0.2) is 0 Å². The first-order valence-electron chi connectivity index (χ1n) is 4.37. The number of hydrogen-bond donors (Lipinski definition) is 5. The minimum Gasteiger partial charge on any atom is -0.370 e. The van der Waals surface area contributed by atoms with E-state index in [9.17, 15) is 0 Å². The summed E-state index contributed by atoms with van der Waals surface area (Å²) in [7, 11) is 0. The van der Waals surface area contributed by atoms with Crippen molar-refractivity contribution < 1.29 is 0 Å². The van der Waals surface area contributed by atoms with Crippen molar-refractivity contribution in [3.05, 3.63) is 33.8 Å². The number of rotatable bonds is 2. The zero-order valence-electron chi connectivity index (χ0n) is 8.27. The molecule has 0 saturated carbocycles. The molecular formula is C9H11Cl2N5. The van der Waals surface area contributed by atoms with Crippen LogP contribution in [0.15, 0.2) is 18.2 Å². The Kier molecular flexibility index (Phi) is 4.39. The van der Waals surface area contributed by atoms with E-state index in [1.807, 2.05) is 0 Å². The van der Waals surface area contributed by atoms with Gasteiger partial charge >= 0.3 is 0 Å². The maximum absolute atomic E-state index is 7.37. The minimum atomic E-state index is -0.297. The SMILES string of the molecule is N=C(N)NC(=N)NCc1cccc(Cl)c1Cl. The predicted molar refractivity (Wildman–Crippen MR) is 66.1 cm³/mol. The second-order valence-corrected chi connectivity index (χ2v) is 3.77. The van der Waals surface area contributed by atoms with E-state index in [0.29, 0.717) is 16.6 Å². The molecule has 0 atom stereocenters. The first kappa shape index (κ1) is 12.6. The molecule has 1 aromatic rings. The van der Waals surface area contributed by atoms with Crippen LogP contribution >= 0.6 is 23.2 Å². The summed E-state index contributed by atoms with van der Waals surface area (Å²) in [6.45, 7) is 0.332. The normalized spacial score (nSPS) is 9.62. The van der Waals surface area contributed by atoms with E-state index in [0.717, 1.165) is 5.56 Å². The Labute approximate surface area is 103 Å². The standard InChI is InChI=1S/C9H11Cl2N5/c10-6-3-1-2-5(7(6)11)4-15-9(14)16-8(12)13/h1-3H,4H2,(H6,12,13,14,15,16). The molecule has 16 heavy (non-hydrogen) atoms. The molecule has 1 rings (SSSR count). The van der Waals surface area contributed by atoms with E-state index in [-0.39, 0.29) is 11.9 Å². The lowest BCUT2D eigenvalue weighted by Gasteiger charge is -2.10. The lowest BCUT2D eigenvalue weighted by atomic mass is 10.2. The Hall–Kier alpha value is -1.46. The van der Waals surface area contributed by atoms with Crippen LogP contribution in [0.3, 0.4) is 0 Å². The predicted octanol–water partition coefficient (Wildman–Crippen LogP) is 1.50. The fraction of sp³-hybridized carbons (Fsp3) is 0.111. The molecule has 1 aromatic carbocycles. The van der Waals surface area contributed by atoms with Gasteiger partial charge in [0.25, 0.3) is 0 Å². The van der Waals surface area contributed by atoms with Crippen molar-refractivity contribution in [1.29, 1.82) is 10.8 Å². The van der Waals surface area contributed by atoms with Crippen molar-refractivity contribution in [2.75, 3.05) is 0 Å². The highest BCUT2D eigenvalue weighted by atomic mass is 35.5. The Bertz CT molecular complexity index is 418. The third-order valence-electron chi connectivity index (χ3n) is 1.75. The molecule has 86 valence electrons. The molecule has 0 aliphatic rings. The van der Waals surface area contributed by atoms with Crippen molar-refractivity contribution in [2.24, 2.45) is 5.73 Å². The van der Waals surface area contributed by atoms with Gasteiger partial charge in [-0.05, 0) is 11.6 Å². The van der Waals surface area contributed by atoms with Crippen LogP contribution in [-0.4, -0.2) is 11.9 Å². The largest absolute Gasteiger partial charge is 0.370 e. The molecule has 0 heterocycles. The van der Waals surface area contributed by atoms with Gasteiger partial charge in [-0.2, -0.15) is 0 Å². The lowest BCUT2D eigenvalue weighted by Crippen LogP contribution is -2.43. The van der Waals surface area contributed by atoms with Crippen LogP contribution in [0, 0.1) is 10.8 Å². The highest BCUT2D eigenvalue weighted by Crippen LogP contribution is 2.25. The zero-order chi connectivity index (χ0) is 12.1. The van der Waals surface area contributed by atoms with Crippen molar-refractivity contribution in [2.45, 2.75) is 6.54 Å². The zero-order valence-corrected chi connectivity index (χ0v) is 9.78. The fourth-order valence-electron chi connectivity index (χ4n) is 1.05. The maximum Gasteiger partial charge on any atom is 0.195 e. The summed E-state index contributed by atoms with van der Waals surface area (Å²) < 4.78 is 0.